The van der Waals surface area contributed by atoms with Crippen molar-refractivity contribution in [1.82, 2.24) is 4.98 Å². The summed E-state index contributed by atoms with van der Waals surface area (Å²) in [6.45, 7) is 0. The summed E-state index contributed by atoms with van der Waals surface area (Å²) in [7, 11) is 1.67. The van der Waals surface area contributed by atoms with E-state index in [0.717, 1.165) is 48.0 Å². The highest BCUT2D eigenvalue weighted by Crippen LogP contribution is 2.34. The standard InChI is InChI=1S/C16H20N2O2/c1-19-15-9-12-10-18-7-6-11(12)8-16(15)20-14-4-2-13(17)3-5-14/h6-10,13-14H,2-5,17H2,1H3/t13-,14+. The number of rotatable bonds is 3. The molecule has 1 fully saturated rings. The average molecular weight is 272 g/mol. The third-order valence-electron chi connectivity index (χ3n) is 3.94. The predicted octanol–water partition coefficient (Wildman–Crippen LogP) is 2.89. The van der Waals surface area contributed by atoms with Gasteiger partial charge in [-0.15, -0.1) is 0 Å². The maximum absolute atomic E-state index is 6.13. The normalized spacial score (nSPS) is 22.7. The van der Waals surface area contributed by atoms with Gasteiger partial charge in [0.25, 0.3) is 0 Å². The number of nitrogens with zero attached hydrogens (tertiary/aromatic N) is 1. The van der Waals surface area contributed by atoms with Crippen LogP contribution in [0.2, 0.25) is 0 Å². The van der Waals surface area contributed by atoms with Gasteiger partial charge >= 0.3 is 0 Å². The van der Waals surface area contributed by atoms with Crippen molar-refractivity contribution in [2.75, 3.05) is 7.11 Å². The third kappa shape index (κ3) is 2.70. The number of ether oxygens (including phenoxy) is 2. The Morgan fingerprint density at radius 3 is 2.60 bits per heavy atom. The molecule has 0 spiro atoms. The van der Waals surface area contributed by atoms with Crippen molar-refractivity contribution in [3.63, 3.8) is 0 Å². The summed E-state index contributed by atoms with van der Waals surface area (Å²) in [6, 6.07) is 6.33. The molecule has 3 rings (SSSR count). The second-order valence-electron chi connectivity index (χ2n) is 5.38. The molecule has 106 valence electrons. The van der Waals surface area contributed by atoms with E-state index in [2.05, 4.69) is 4.98 Å². The molecule has 0 atom stereocenters. The molecule has 4 heteroatoms. The SMILES string of the molecule is COc1cc2cnccc2cc1O[C@H]1CC[C@@H](N)CC1. The number of hydrogen-bond donors (Lipinski definition) is 1. The molecule has 0 aliphatic heterocycles. The molecule has 2 N–H and O–H groups in total. The Bertz CT molecular complexity index is 592. The van der Waals surface area contributed by atoms with Crippen molar-refractivity contribution < 1.29 is 9.47 Å². The number of fused-ring (bicyclic) bond motifs is 1. The van der Waals surface area contributed by atoms with E-state index in [-0.39, 0.29) is 6.10 Å². The molecular formula is C16H20N2O2. The second kappa shape index (κ2) is 5.67. The number of aromatic nitrogens is 1. The van der Waals surface area contributed by atoms with Gasteiger partial charge in [0.2, 0.25) is 0 Å². The number of methoxy groups -OCH3 is 1. The summed E-state index contributed by atoms with van der Waals surface area (Å²) in [5, 5.41) is 2.17. The Labute approximate surface area is 118 Å². The van der Waals surface area contributed by atoms with Crippen LogP contribution in [0.25, 0.3) is 10.8 Å². The Balaban J connectivity index is 1.86. The number of benzene rings is 1. The van der Waals surface area contributed by atoms with Crippen LogP contribution in [0.1, 0.15) is 25.7 Å². The lowest BCUT2D eigenvalue weighted by molar-refractivity contribution is 0.142. The van der Waals surface area contributed by atoms with Gasteiger partial charge in [0.05, 0.1) is 13.2 Å². The molecule has 1 aliphatic rings. The van der Waals surface area contributed by atoms with Crippen LogP contribution < -0.4 is 15.2 Å². The van der Waals surface area contributed by atoms with E-state index < -0.39 is 0 Å². The summed E-state index contributed by atoms with van der Waals surface area (Å²) in [6.07, 6.45) is 7.95. The first-order valence-corrected chi connectivity index (χ1v) is 7.10. The molecule has 4 nitrogen and oxygen atoms in total. The van der Waals surface area contributed by atoms with Crippen molar-refractivity contribution in [2.45, 2.75) is 37.8 Å². The zero-order chi connectivity index (χ0) is 13.9. The van der Waals surface area contributed by atoms with Gasteiger partial charge in [0.1, 0.15) is 0 Å². The number of pyridine rings is 1. The van der Waals surface area contributed by atoms with Crippen LogP contribution >= 0.6 is 0 Å². The van der Waals surface area contributed by atoms with Gasteiger partial charge in [0.15, 0.2) is 11.5 Å². The van der Waals surface area contributed by atoms with E-state index in [4.69, 9.17) is 15.2 Å². The van der Waals surface area contributed by atoms with Crippen LogP contribution in [0.4, 0.5) is 0 Å². The highest BCUT2D eigenvalue weighted by molar-refractivity contribution is 5.85. The summed E-state index contributed by atoms with van der Waals surface area (Å²) in [5.74, 6) is 1.58. The molecule has 2 aromatic rings. The van der Waals surface area contributed by atoms with Gasteiger partial charge in [-0.05, 0) is 49.3 Å². The molecule has 1 heterocycles. The first-order chi connectivity index (χ1) is 9.76. The van der Waals surface area contributed by atoms with Gasteiger partial charge in [-0.2, -0.15) is 0 Å². The van der Waals surface area contributed by atoms with Crippen LogP contribution in [-0.2, 0) is 0 Å². The van der Waals surface area contributed by atoms with Crippen LogP contribution in [-0.4, -0.2) is 24.2 Å². The topological polar surface area (TPSA) is 57.4 Å². The minimum absolute atomic E-state index is 0.239. The molecule has 20 heavy (non-hydrogen) atoms. The summed E-state index contributed by atoms with van der Waals surface area (Å²) < 4.78 is 11.6. The van der Waals surface area contributed by atoms with E-state index >= 15 is 0 Å². The van der Waals surface area contributed by atoms with Crippen LogP contribution in [0.5, 0.6) is 11.5 Å². The maximum atomic E-state index is 6.13. The molecule has 0 saturated heterocycles. The maximum Gasteiger partial charge on any atom is 0.162 e. The Morgan fingerprint density at radius 2 is 1.85 bits per heavy atom. The Kier molecular flexibility index (Phi) is 3.74. The molecule has 1 saturated carbocycles. The number of nitrogens with two attached hydrogens (primary N) is 1. The van der Waals surface area contributed by atoms with Crippen molar-refractivity contribution in [3.8, 4) is 11.5 Å². The Hall–Kier alpha value is -1.81. The molecule has 0 unspecified atom stereocenters. The van der Waals surface area contributed by atoms with E-state index in [9.17, 15) is 0 Å². The van der Waals surface area contributed by atoms with Crippen LogP contribution in [0.15, 0.2) is 30.6 Å². The largest absolute Gasteiger partial charge is 0.493 e. The lowest BCUT2D eigenvalue weighted by Crippen LogP contribution is -2.31. The average Bonchev–Trinajstić information content (AvgIpc) is 2.49. The summed E-state index contributed by atoms with van der Waals surface area (Å²) >= 11 is 0. The van der Waals surface area contributed by atoms with Gasteiger partial charge in [-0.1, -0.05) is 0 Å². The van der Waals surface area contributed by atoms with Gasteiger partial charge < -0.3 is 15.2 Å². The van der Waals surface area contributed by atoms with Gasteiger partial charge in [0, 0.05) is 23.8 Å². The van der Waals surface area contributed by atoms with Gasteiger partial charge in [-0.3, -0.25) is 4.98 Å². The lowest BCUT2D eigenvalue weighted by atomic mass is 9.94. The fourth-order valence-electron chi connectivity index (χ4n) is 2.73. The first-order valence-electron chi connectivity index (χ1n) is 7.10. The minimum atomic E-state index is 0.239. The van der Waals surface area contributed by atoms with Crippen molar-refractivity contribution in [3.05, 3.63) is 30.6 Å². The fourth-order valence-corrected chi connectivity index (χ4v) is 2.73. The lowest BCUT2D eigenvalue weighted by Gasteiger charge is -2.27. The summed E-state index contributed by atoms with van der Waals surface area (Å²) in [5.41, 5.74) is 5.93. The van der Waals surface area contributed by atoms with E-state index in [1.807, 2.05) is 24.4 Å². The molecule has 0 amide bonds. The molecule has 0 bridgehead atoms. The molecule has 1 aromatic carbocycles. The van der Waals surface area contributed by atoms with Crippen LogP contribution in [0, 0.1) is 0 Å². The predicted molar refractivity (Wildman–Crippen MR) is 79.2 cm³/mol. The Morgan fingerprint density at radius 1 is 1.10 bits per heavy atom. The smallest absolute Gasteiger partial charge is 0.162 e. The van der Waals surface area contributed by atoms with Gasteiger partial charge in [-0.25, -0.2) is 0 Å². The molecule has 1 aliphatic carbocycles. The zero-order valence-electron chi connectivity index (χ0n) is 11.7. The minimum Gasteiger partial charge on any atom is -0.493 e. The fraction of sp³-hybridized carbons (Fsp3) is 0.438. The third-order valence-corrected chi connectivity index (χ3v) is 3.94. The van der Waals surface area contributed by atoms with Crippen molar-refractivity contribution in [2.24, 2.45) is 5.73 Å². The quantitative estimate of drug-likeness (QED) is 0.933. The van der Waals surface area contributed by atoms with E-state index in [1.54, 1.807) is 13.3 Å². The second-order valence-corrected chi connectivity index (χ2v) is 5.38. The highest BCUT2D eigenvalue weighted by Gasteiger charge is 2.21. The molecular weight excluding hydrogens is 252 g/mol. The molecule has 1 aromatic heterocycles. The highest BCUT2D eigenvalue weighted by atomic mass is 16.5. The van der Waals surface area contributed by atoms with Crippen LogP contribution in [0.3, 0.4) is 0 Å². The monoisotopic (exact) mass is 272 g/mol. The van der Waals surface area contributed by atoms with Crippen molar-refractivity contribution in [1.29, 1.82) is 0 Å². The van der Waals surface area contributed by atoms with E-state index in [0.29, 0.717) is 6.04 Å². The van der Waals surface area contributed by atoms with E-state index in [1.165, 1.54) is 0 Å². The first kappa shape index (κ1) is 13.2. The summed E-state index contributed by atoms with van der Waals surface area (Å²) in [4.78, 5) is 4.13. The number of hydrogen-bond acceptors (Lipinski definition) is 4. The van der Waals surface area contributed by atoms with Crippen molar-refractivity contribution >= 4 is 10.8 Å². The molecule has 0 radical (unpaired) electrons. The zero-order valence-corrected chi connectivity index (χ0v) is 11.7.